The molecule has 31 heavy (non-hydrogen) atoms. The topological polar surface area (TPSA) is 73.1 Å². The van der Waals surface area contributed by atoms with E-state index in [1.807, 2.05) is 50.2 Å². The number of amides is 1. The number of aryl methyl sites for hydroxylation is 2. The lowest BCUT2D eigenvalue weighted by atomic mass is 10.1. The highest BCUT2D eigenvalue weighted by molar-refractivity contribution is 5.81. The molecule has 3 aromatic carbocycles. The van der Waals surface area contributed by atoms with E-state index in [0.29, 0.717) is 23.1 Å². The number of fused-ring (bicyclic) bond motifs is 1. The molecule has 1 N–H and O–H groups in total. The number of para-hydroxylation sites is 1. The van der Waals surface area contributed by atoms with Gasteiger partial charge in [-0.05, 0) is 43.7 Å². The number of carbonyl (C=O) groups excluding carboxylic acids is 1. The maximum atomic E-state index is 13.3. The van der Waals surface area contributed by atoms with Crippen LogP contribution in [0.15, 0.2) is 82.4 Å². The van der Waals surface area contributed by atoms with Gasteiger partial charge in [0.05, 0.1) is 16.6 Å². The van der Waals surface area contributed by atoms with Crippen LogP contribution in [-0.4, -0.2) is 15.0 Å². The number of hydrogen-bond donors (Lipinski definition) is 1. The standard InChI is InChI=1S/C25H23N3O3/c1-17-7-11-19(12-8-17)15-26-23(29)16-27-22-6-4-3-5-21(22)24(30)28(25(27)31)20-13-9-18(2)10-14-20/h3-14H,15-16H2,1-2H3,(H,26,29). The highest BCUT2D eigenvalue weighted by Gasteiger charge is 2.16. The van der Waals surface area contributed by atoms with Crippen LogP contribution in [0.1, 0.15) is 16.7 Å². The molecule has 1 amide bonds. The highest BCUT2D eigenvalue weighted by Crippen LogP contribution is 2.11. The largest absolute Gasteiger partial charge is 0.350 e. The molecule has 4 rings (SSSR count). The number of aromatic nitrogens is 2. The highest BCUT2D eigenvalue weighted by atomic mass is 16.2. The Balaban J connectivity index is 1.72. The van der Waals surface area contributed by atoms with Crippen molar-refractivity contribution < 1.29 is 4.79 Å². The number of nitrogens with zero attached hydrogens (tertiary/aromatic N) is 2. The molecule has 0 aliphatic rings. The van der Waals surface area contributed by atoms with Crippen LogP contribution in [0.2, 0.25) is 0 Å². The second kappa shape index (κ2) is 8.44. The molecule has 156 valence electrons. The van der Waals surface area contributed by atoms with Crippen LogP contribution in [0.3, 0.4) is 0 Å². The molecule has 6 nitrogen and oxygen atoms in total. The van der Waals surface area contributed by atoms with E-state index >= 15 is 0 Å². The molecular formula is C25H23N3O3. The molecule has 0 unspecified atom stereocenters. The summed E-state index contributed by atoms with van der Waals surface area (Å²) in [4.78, 5) is 39.0. The number of benzene rings is 3. The van der Waals surface area contributed by atoms with Crippen molar-refractivity contribution in [3.8, 4) is 5.69 Å². The molecule has 0 saturated carbocycles. The van der Waals surface area contributed by atoms with E-state index in [1.54, 1.807) is 36.4 Å². The fourth-order valence-electron chi connectivity index (χ4n) is 3.50. The van der Waals surface area contributed by atoms with Crippen LogP contribution in [0.4, 0.5) is 0 Å². The second-order valence-corrected chi connectivity index (χ2v) is 7.62. The quantitative estimate of drug-likeness (QED) is 0.547. The summed E-state index contributed by atoms with van der Waals surface area (Å²) in [6.07, 6.45) is 0. The van der Waals surface area contributed by atoms with Crippen molar-refractivity contribution in [2.24, 2.45) is 0 Å². The van der Waals surface area contributed by atoms with Gasteiger partial charge in [0.15, 0.2) is 0 Å². The third-order valence-electron chi connectivity index (χ3n) is 5.25. The summed E-state index contributed by atoms with van der Waals surface area (Å²) in [5.74, 6) is -0.304. The summed E-state index contributed by atoms with van der Waals surface area (Å²) < 4.78 is 2.47. The van der Waals surface area contributed by atoms with E-state index in [2.05, 4.69) is 5.32 Å². The van der Waals surface area contributed by atoms with Crippen LogP contribution in [-0.2, 0) is 17.9 Å². The number of hydrogen-bond acceptors (Lipinski definition) is 3. The van der Waals surface area contributed by atoms with Crippen molar-refractivity contribution in [3.63, 3.8) is 0 Å². The summed E-state index contributed by atoms with van der Waals surface area (Å²) in [6.45, 7) is 4.12. The van der Waals surface area contributed by atoms with Gasteiger partial charge in [0.2, 0.25) is 5.91 Å². The van der Waals surface area contributed by atoms with Gasteiger partial charge in [-0.15, -0.1) is 0 Å². The van der Waals surface area contributed by atoms with E-state index in [9.17, 15) is 14.4 Å². The van der Waals surface area contributed by atoms with Crippen molar-refractivity contribution in [2.75, 3.05) is 0 Å². The average molecular weight is 413 g/mol. The lowest BCUT2D eigenvalue weighted by Gasteiger charge is -2.14. The number of rotatable bonds is 5. The van der Waals surface area contributed by atoms with Crippen molar-refractivity contribution in [1.29, 1.82) is 0 Å². The minimum atomic E-state index is -0.543. The Labute approximate surface area is 179 Å². The Morgan fingerprint density at radius 1 is 0.839 bits per heavy atom. The van der Waals surface area contributed by atoms with Crippen molar-refractivity contribution in [3.05, 3.63) is 110 Å². The molecule has 0 fully saturated rings. The molecule has 0 spiro atoms. The fourth-order valence-corrected chi connectivity index (χ4v) is 3.50. The lowest BCUT2D eigenvalue weighted by molar-refractivity contribution is -0.121. The smallest absolute Gasteiger partial charge is 0.336 e. The predicted molar refractivity (Wildman–Crippen MR) is 122 cm³/mol. The van der Waals surface area contributed by atoms with Crippen molar-refractivity contribution in [2.45, 2.75) is 26.9 Å². The molecule has 0 atom stereocenters. The summed E-state index contributed by atoms with van der Waals surface area (Å²) >= 11 is 0. The number of carbonyl (C=O) groups is 1. The van der Waals surface area contributed by atoms with Gasteiger partial charge in [-0.3, -0.25) is 14.2 Å². The van der Waals surface area contributed by atoms with Gasteiger partial charge in [0.1, 0.15) is 6.54 Å². The molecule has 4 aromatic rings. The van der Waals surface area contributed by atoms with Gasteiger partial charge in [-0.2, -0.15) is 0 Å². The first-order chi connectivity index (χ1) is 14.9. The van der Waals surface area contributed by atoms with Gasteiger partial charge in [-0.25, -0.2) is 9.36 Å². The predicted octanol–water partition coefficient (Wildman–Crippen LogP) is 3.09. The monoisotopic (exact) mass is 413 g/mol. The summed E-state index contributed by atoms with van der Waals surface area (Å²) in [5.41, 5.74) is 3.10. The van der Waals surface area contributed by atoms with Crippen LogP contribution >= 0.6 is 0 Å². The molecule has 1 aromatic heterocycles. The van der Waals surface area contributed by atoms with Gasteiger partial charge in [-0.1, -0.05) is 59.7 Å². The van der Waals surface area contributed by atoms with E-state index in [1.165, 1.54) is 4.57 Å². The van der Waals surface area contributed by atoms with Crippen molar-refractivity contribution >= 4 is 16.8 Å². The van der Waals surface area contributed by atoms with Gasteiger partial charge in [0, 0.05) is 6.54 Å². The zero-order valence-electron chi connectivity index (χ0n) is 17.5. The molecule has 0 radical (unpaired) electrons. The first-order valence-corrected chi connectivity index (χ1v) is 10.1. The molecule has 0 bridgehead atoms. The van der Waals surface area contributed by atoms with Gasteiger partial charge >= 0.3 is 5.69 Å². The Bertz CT molecular complexity index is 1360. The normalized spacial score (nSPS) is 10.9. The third-order valence-corrected chi connectivity index (χ3v) is 5.25. The summed E-state index contributed by atoms with van der Waals surface area (Å²) in [6, 6.07) is 21.9. The minimum Gasteiger partial charge on any atom is -0.350 e. The van der Waals surface area contributed by atoms with Crippen molar-refractivity contribution in [1.82, 2.24) is 14.5 Å². The third kappa shape index (κ3) is 4.19. The van der Waals surface area contributed by atoms with E-state index in [0.717, 1.165) is 21.3 Å². The Kier molecular flexibility index (Phi) is 5.54. The van der Waals surface area contributed by atoms with Crippen LogP contribution in [0, 0.1) is 13.8 Å². The molecule has 0 aliphatic heterocycles. The molecule has 1 heterocycles. The van der Waals surface area contributed by atoms with E-state index in [-0.39, 0.29) is 12.5 Å². The average Bonchev–Trinajstić information content (AvgIpc) is 2.77. The zero-order valence-corrected chi connectivity index (χ0v) is 17.5. The maximum Gasteiger partial charge on any atom is 0.336 e. The molecule has 0 saturated heterocycles. The Morgan fingerprint density at radius 2 is 1.45 bits per heavy atom. The minimum absolute atomic E-state index is 0.183. The Hall–Kier alpha value is -3.93. The van der Waals surface area contributed by atoms with Gasteiger partial charge in [0.25, 0.3) is 5.56 Å². The van der Waals surface area contributed by atoms with Crippen LogP contribution in [0.5, 0.6) is 0 Å². The zero-order chi connectivity index (χ0) is 22.0. The first-order valence-electron chi connectivity index (χ1n) is 10.1. The van der Waals surface area contributed by atoms with E-state index in [4.69, 9.17) is 0 Å². The maximum absolute atomic E-state index is 13.3. The lowest BCUT2D eigenvalue weighted by Crippen LogP contribution is -2.41. The van der Waals surface area contributed by atoms with E-state index < -0.39 is 11.2 Å². The number of nitrogens with one attached hydrogen (secondary N) is 1. The summed E-state index contributed by atoms with van der Waals surface area (Å²) in [5, 5.41) is 3.24. The first kappa shape index (κ1) is 20.3. The SMILES string of the molecule is Cc1ccc(CNC(=O)Cn2c(=O)n(-c3ccc(C)cc3)c(=O)c3ccccc32)cc1. The second-order valence-electron chi connectivity index (χ2n) is 7.62. The van der Waals surface area contributed by atoms with Crippen LogP contribution in [0.25, 0.3) is 16.6 Å². The Morgan fingerprint density at radius 3 is 2.13 bits per heavy atom. The molecular weight excluding hydrogens is 390 g/mol. The van der Waals surface area contributed by atoms with Crippen LogP contribution < -0.4 is 16.6 Å². The molecule has 6 heteroatoms. The summed E-state index contributed by atoms with van der Waals surface area (Å²) in [7, 11) is 0. The molecule has 0 aliphatic carbocycles. The fraction of sp³-hybridized carbons (Fsp3) is 0.160. The van der Waals surface area contributed by atoms with Gasteiger partial charge < -0.3 is 5.32 Å².